The second-order valence-electron chi connectivity index (χ2n) is 7.78. The predicted octanol–water partition coefficient (Wildman–Crippen LogP) is 1.62. The predicted molar refractivity (Wildman–Crippen MR) is 89.9 cm³/mol. The van der Waals surface area contributed by atoms with E-state index in [0.717, 1.165) is 70.6 Å². The minimum absolute atomic E-state index is 0.0245. The largest absolute Gasteiger partial charge is 0.353 e. The van der Waals surface area contributed by atoms with Crippen molar-refractivity contribution in [3.05, 3.63) is 0 Å². The van der Waals surface area contributed by atoms with Crippen LogP contribution in [0, 0.1) is 11.8 Å². The Labute approximate surface area is 139 Å². The Bertz CT molecular complexity index is 434. The maximum absolute atomic E-state index is 12.7. The minimum atomic E-state index is -0.0245. The van der Waals surface area contributed by atoms with Crippen LogP contribution in [0.25, 0.3) is 0 Å². The van der Waals surface area contributed by atoms with E-state index < -0.39 is 0 Å². The van der Waals surface area contributed by atoms with Gasteiger partial charge in [0.1, 0.15) is 0 Å². The lowest BCUT2D eigenvalue weighted by Gasteiger charge is -2.39. The van der Waals surface area contributed by atoms with Crippen molar-refractivity contribution in [2.24, 2.45) is 11.8 Å². The first-order valence-electron chi connectivity index (χ1n) is 9.38. The van der Waals surface area contributed by atoms with Crippen LogP contribution in [0.4, 0.5) is 0 Å². The molecule has 23 heavy (non-hydrogen) atoms. The number of carbonyl (C=O) groups is 2. The summed E-state index contributed by atoms with van der Waals surface area (Å²) in [5, 5.41) is 3.18. The molecule has 1 aliphatic carbocycles. The summed E-state index contributed by atoms with van der Waals surface area (Å²) < 4.78 is 0. The lowest BCUT2D eigenvalue weighted by atomic mass is 9.98. The summed E-state index contributed by atoms with van der Waals surface area (Å²) in [6.07, 6.45) is 6.32. The zero-order valence-corrected chi connectivity index (χ0v) is 14.6. The average molecular weight is 321 g/mol. The molecule has 5 nitrogen and oxygen atoms in total. The Kier molecular flexibility index (Phi) is 5.24. The van der Waals surface area contributed by atoms with Gasteiger partial charge in [0, 0.05) is 38.1 Å². The molecule has 3 aliphatic rings. The van der Waals surface area contributed by atoms with Gasteiger partial charge in [-0.1, -0.05) is 6.92 Å². The van der Waals surface area contributed by atoms with Crippen molar-refractivity contribution in [1.82, 2.24) is 15.1 Å². The summed E-state index contributed by atoms with van der Waals surface area (Å²) >= 11 is 0. The zero-order valence-electron chi connectivity index (χ0n) is 14.6. The molecule has 2 aliphatic heterocycles. The number of rotatable bonds is 4. The second kappa shape index (κ2) is 7.20. The fourth-order valence-electron chi connectivity index (χ4n) is 3.75. The molecule has 130 valence electrons. The third-order valence-corrected chi connectivity index (χ3v) is 5.82. The Morgan fingerprint density at radius 2 is 1.57 bits per heavy atom. The van der Waals surface area contributed by atoms with Crippen LogP contribution in [0.1, 0.15) is 52.4 Å². The van der Waals surface area contributed by atoms with E-state index in [-0.39, 0.29) is 23.8 Å². The number of carbonyl (C=O) groups excluding carboxylic acids is 2. The van der Waals surface area contributed by atoms with Gasteiger partial charge in [-0.25, -0.2) is 0 Å². The Balaban J connectivity index is 1.43. The molecular weight excluding hydrogens is 290 g/mol. The molecule has 3 fully saturated rings. The van der Waals surface area contributed by atoms with E-state index in [0.29, 0.717) is 6.04 Å². The molecule has 2 heterocycles. The van der Waals surface area contributed by atoms with Gasteiger partial charge in [0.15, 0.2) is 0 Å². The van der Waals surface area contributed by atoms with E-state index in [1.165, 1.54) is 0 Å². The number of nitrogens with zero attached hydrogens (tertiary/aromatic N) is 2. The van der Waals surface area contributed by atoms with Crippen molar-refractivity contribution in [3.63, 3.8) is 0 Å². The van der Waals surface area contributed by atoms with Gasteiger partial charge in [-0.15, -0.1) is 0 Å². The van der Waals surface area contributed by atoms with Gasteiger partial charge in [-0.3, -0.25) is 14.5 Å². The molecule has 2 amide bonds. The van der Waals surface area contributed by atoms with E-state index in [1.807, 2.05) is 11.8 Å². The average Bonchev–Trinajstić information content (AvgIpc) is 3.40. The summed E-state index contributed by atoms with van der Waals surface area (Å²) in [5.41, 5.74) is 0. The molecule has 0 spiro atoms. The van der Waals surface area contributed by atoms with Crippen LogP contribution in [0.2, 0.25) is 0 Å². The Morgan fingerprint density at radius 3 is 2.13 bits per heavy atom. The number of hydrogen-bond acceptors (Lipinski definition) is 3. The highest BCUT2D eigenvalue weighted by molar-refractivity contribution is 5.82. The maximum atomic E-state index is 12.7. The number of piperidine rings is 2. The van der Waals surface area contributed by atoms with Gasteiger partial charge < -0.3 is 10.2 Å². The number of likely N-dealkylation sites (tertiary alicyclic amines) is 2. The highest BCUT2D eigenvalue weighted by Gasteiger charge is 2.34. The molecule has 0 bridgehead atoms. The summed E-state index contributed by atoms with van der Waals surface area (Å²) in [7, 11) is 0. The molecule has 3 rings (SSSR count). The molecular formula is C18H31N3O2. The van der Waals surface area contributed by atoms with E-state index in [4.69, 9.17) is 0 Å². The van der Waals surface area contributed by atoms with Gasteiger partial charge in [0.05, 0.1) is 6.04 Å². The molecule has 1 atom stereocenters. The molecule has 0 aromatic carbocycles. The molecule has 5 heteroatoms. The number of nitrogens with one attached hydrogen (secondary N) is 1. The van der Waals surface area contributed by atoms with Crippen molar-refractivity contribution in [2.75, 3.05) is 26.2 Å². The van der Waals surface area contributed by atoms with Crippen LogP contribution in [0.5, 0.6) is 0 Å². The molecule has 1 N–H and O–H groups in total. The first-order valence-corrected chi connectivity index (χ1v) is 9.38. The van der Waals surface area contributed by atoms with Crippen LogP contribution in [-0.4, -0.2) is 59.9 Å². The molecule has 2 saturated heterocycles. The van der Waals surface area contributed by atoms with Gasteiger partial charge >= 0.3 is 0 Å². The van der Waals surface area contributed by atoms with Gasteiger partial charge in [-0.05, 0) is 51.4 Å². The summed E-state index contributed by atoms with van der Waals surface area (Å²) in [4.78, 5) is 28.9. The quantitative estimate of drug-likeness (QED) is 0.856. The van der Waals surface area contributed by atoms with Gasteiger partial charge in [0.2, 0.25) is 11.8 Å². The lowest BCUT2D eigenvalue weighted by Crippen LogP contribution is -2.53. The first kappa shape index (κ1) is 16.7. The summed E-state index contributed by atoms with van der Waals surface area (Å²) in [6, 6.07) is 0.279. The van der Waals surface area contributed by atoms with Crippen molar-refractivity contribution >= 4 is 11.8 Å². The molecule has 0 aromatic rings. The van der Waals surface area contributed by atoms with Crippen LogP contribution in [0.3, 0.4) is 0 Å². The molecule has 1 unspecified atom stereocenters. The SMILES string of the molecule is CC1CCN(C(=O)C(C)N2CCC(NC(=O)C3CC3)CC2)CC1. The zero-order chi connectivity index (χ0) is 16.4. The van der Waals surface area contributed by atoms with Crippen molar-refractivity contribution in [3.8, 4) is 0 Å². The molecule has 0 aromatic heterocycles. The summed E-state index contributed by atoms with van der Waals surface area (Å²) in [6.45, 7) is 7.96. The third kappa shape index (κ3) is 4.25. The van der Waals surface area contributed by atoms with E-state index in [2.05, 4.69) is 17.1 Å². The number of hydrogen-bond donors (Lipinski definition) is 1. The Morgan fingerprint density at radius 1 is 0.957 bits per heavy atom. The van der Waals surface area contributed by atoms with E-state index in [9.17, 15) is 9.59 Å². The monoisotopic (exact) mass is 321 g/mol. The fourth-order valence-corrected chi connectivity index (χ4v) is 3.75. The van der Waals surface area contributed by atoms with Crippen molar-refractivity contribution in [2.45, 2.75) is 64.5 Å². The van der Waals surface area contributed by atoms with Crippen LogP contribution < -0.4 is 5.32 Å². The van der Waals surface area contributed by atoms with Gasteiger partial charge in [-0.2, -0.15) is 0 Å². The Hall–Kier alpha value is -1.10. The number of amides is 2. The minimum Gasteiger partial charge on any atom is -0.353 e. The summed E-state index contributed by atoms with van der Waals surface area (Å²) in [5.74, 6) is 1.57. The first-order chi connectivity index (χ1) is 11.0. The van der Waals surface area contributed by atoms with Crippen LogP contribution >= 0.6 is 0 Å². The standard InChI is InChI=1S/C18H31N3O2/c1-13-5-9-21(10-6-13)18(23)14(2)20-11-7-16(8-12-20)19-17(22)15-3-4-15/h13-16H,3-12H2,1-2H3,(H,19,22). The third-order valence-electron chi connectivity index (χ3n) is 5.82. The van der Waals surface area contributed by atoms with Crippen LogP contribution in [0.15, 0.2) is 0 Å². The van der Waals surface area contributed by atoms with Crippen molar-refractivity contribution < 1.29 is 9.59 Å². The fraction of sp³-hybridized carbons (Fsp3) is 0.889. The molecule has 0 radical (unpaired) electrons. The van der Waals surface area contributed by atoms with E-state index in [1.54, 1.807) is 0 Å². The smallest absolute Gasteiger partial charge is 0.239 e. The molecule has 1 saturated carbocycles. The highest BCUT2D eigenvalue weighted by atomic mass is 16.2. The maximum Gasteiger partial charge on any atom is 0.239 e. The second-order valence-corrected chi connectivity index (χ2v) is 7.78. The highest BCUT2D eigenvalue weighted by Crippen LogP contribution is 2.29. The van der Waals surface area contributed by atoms with E-state index >= 15 is 0 Å². The van der Waals surface area contributed by atoms with Crippen molar-refractivity contribution in [1.29, 1.82) is 0 Å². The topological polar surface area (TPSA) is 52.7 Å². The van der Waals surface area contributed by atoms with Gasteiger partial charge in [0.25, 0.3) is 0 Å². The lowest BCUT2D eigenvalue weighted by molar-refractivity contribution is -0.138. The van der Waals surface area contributed by atoms with Crippen LogP contribution in [-0.2, 0) is 9.59 Å². The normalized spacial score (nSPS) is 26.1.